The topological polar surface area (TPSA) is 155 Å². The van der Waals surface area contributed by atoms with E-state index in [2.05, 4.69) is 4.98 Å². The van der Waals surface area contributed by atoms with E-state index in [1.54, 1.807) is 93.1 Å². The highest BCUT2D eigenvalue weighted by atomic mass is 31.1. The zero-order valence-electron chi connectivity index (χ0n) is 27.9. The quantitative estimate of drug-likeness (QED) is 0.0710. The van der Waals surface area contributed by atoms with Gasteiger partial charge in [0.15, 0.2) is 11.9 Å². The molecule has 13 heteroatoms. The Morgan fingerprint density at radius 1 is 0.882 bits per heavy atom. The van der Waals surface area contributed by atoms with Crippen LogP contribution in [-0.2, 0) is 24.2 Å². The van der Waals surface area contributed by atoms with Gasteiger partial charge in [-0.2, -0.15) is 0 Å². The standard InChI is InChI=1S/C38H35N2O10P/c1-24-23-40(36(43)39-35(24)42)31-22-37(44,50-51-45)34(48-31)33(32(41)25-10-6-4-7-11-25)49-38(26-12-8-5-9-13-26,27-14-18-29(46-2)19-15-27)28-16-20-30(47-3)21-17-28/h4-21,23,31,33-34,44H,22H2,1-3H3,(H,39,42,43)/t31-,33?,34-,37+/m1/s1. The van der Waals surface area contributed by atoms with E-state index in [-0.39, 0.29) is 11.1 Å². The molecule has 6 rings (SSSR count). The molecule has 12 nitrogen and oxygen atoms in total. The fourth-order valence-corrected chi connectivity index (χ4v) is 6.66. The number of Topliss-reactive ketones (excluding diaryl/α,β-unsaturated/α-hetero) is 1. The summed E-state index contributed by atoms with van der Waals surface area (Å²) < 4.78 is 43.0. The van der Waals surface area contributed by atoms with Gasteiger partial charge < -0.3 is 24.1 Å². The van der Waals surface area contributed by atoms with Gasteiger partial charge in [0.05, 0.1) is 20.6 Å². The number of carbonyl (C=O) groups excluding carboxylic acids is 1. The summed E-state index contributed by atoms with van der Waals surface area (Å²) in [5, 5.41) is 12.1. The van der Waals surface area contributed by atoms with E-state index in [9.17, 15) is 24.1 Å². The van der Waals surface area contributed by atoms with E-state index < -0.39 is 62.0 Å². The summed E-state index contributed by atoms with van der Waals surface area (Å²) in [5.74, 6) is -1.88. The van der Waals surface area contributed by atoms with Crippen LogP contribution in [0.4, 0.5) is 0 Å². The molecule has 1 fully saturated rings. The minimum Gasteiger partial charge on any atom is -0.497 e. The van der Waals surface area contributed by atoms with Crippen LogP contribution in [0.2, 0.25) is 0 Å². The second-order valence-electron chi connectivity index (χ2n) is 12.0. The van der Waals surface area contributed by atoms with Crippen LogP contribution in [0, 0.1) is 6.92 Å². The fourth-order valence-electron chi connectivity index (χ4n) is 6.35. The molecule has 262 valence electrons. The lowest BCUT2D eigenvalue weighted by atomic mass is 9.79. The maximum absolute atomic E-state index is 14.8. The fraction of sp³-hybridized carbons (Fsp3) is 0.237. The molecule has 0 amide bonds. The summed E-state index contributed by atoms with van der Waals surface area (Å²) in [7, 11) is 2.17. The number of carbonyl (C=O) groups is 1. The third kappa shape index (κ3) is 6.92. The number of H-pyrrole nitrogens is 1. The molecule has 5 aromatic rings. The second-order valence-corrected chi connectivity index (χ2v) is 12.3. The van der Waals surface area contributed by atoms with Gasteiger partial charge in [0.1, 0.15) is 29.4 Å². The third-order valence-electron chi connectivity index (χ3n) is 8.94. The van der Waals surface area contributed by atoms with Crippen LogP contribution in [0.15, 0.2) is 125 Å². The summed E-state index contributed by atoms with van der Waals surface area (Å²) in [6.45, 7) is 1.50. The highest BCUT2D eigenvalue weighted by Crippen LogP contribution is 2.47. The number of nitrogens with one attached hydrogen (secondary N) is 1. The molecule has 2 N–H and O–H groups in total. The minimum atomic E-state index is -2.44. The van der Waals surface area contributed by atoms with E-state index >= 15 is 0 Å². The van der Waals surface area contributed by atoms with Gasteiger partial charge in [-0.15, -0.1) is 0 Å². The summed E-state index contributed by atoms with van der Waals surface area (Å²) in [6, 6.07) is 31.8. The van der Waals surface area contributed by atoms with Gasteiger partial charge in [0.2, 0.25) is 5.79 Å². The molecule has 0 spiro atoms. The van der Waals surface area contributed by atoms with Crippen LogP contribution in [0.5, 0.6) is 11.5 Å². The zero-order chi connectivity index (χ0) is 36.2. The lowest BCUT2D eigenvalue weighted by molar-refractivity contribution is -0.210. The van der Waals surface area contributed by atoms with Crippen molar-refractivity contribution in [1.29, 1.82) is 0 Å². The Balaban J connectivity index is 1.60. The first-order valence-corrected chi connectivity index (χ1v) is 16.7. The largest absolute Gasteiger partial charge is 0.497 e. The van der Waals surface area contributed by atoms with Gasteiger partial charge in [-0.25, -0.2) is 9.36 Å². The third-order valence-corrected chi connectivity index (χ3v) is 9.33. The Morgan fingerprint density at radius 2 is 1.41 bits per heavy atom. The van der Waals surface area contributed by atoms with E-state index in [1.165, 1.54) is 13.1 Å². The van der Waals surface area contributed by atoms with Crippen molar-refractivity contribution in [3.63, 3.8) is 0 Å². The number of methoxy groups -OCH3 is 2. The Labute approximate surface area is 294 Å². The molecule has 4 atom stereocenters. The van der Waals surface area contributed by atoms with Gasteiger partial charge in [-0.05, 0) is 47.9 Å². The van der Waals surface area contributed by atoms with Gasteiger partial charge in [0.25, 0.3) is 5.56 Å². The van der Waals surface area contributed by atoms with Crippen molar-refractivity contribution in [3.8, 4) is 11.5 Å². The number of aryl methyl sites for hydroxylation is 1. The van der Waals surface area contributed by atoms with Crippen LogP contribution in [0.3, 0.4) is 0 Å². The molecular formula is C38H35N2O10P. The number of aliphatic hydroxyl groups is 1. The predicted molar refractivity (Wildman–Crippen MR) is 186 cm³/mol. The molecule has 1 unspecified atom stereocenters. The van der Waals surface area contributed by atoms with E-state index in [4.69, 9.17) is 23.5 Å². The Bertz CT molecular complexity index is 2060. The van der Waals surface area contributed by atoms with Crippen LogP contribution >= 0.6 is 8.69 Å². The molecule has 1 aliphatic rings. The van der Waals surface area contributed by atoms with Gasteiger partial charge in [-0.3, -0.25) is 23.7 Å². The number of rotatable bonds is 13. The predicted octanol–water partition coefficient (Wildman–Crippen LogP) is 5.32. The van der Waals surface area contributed by atoms with Crippen LogP contribution < -0.4 is 20.7 Å². The number of hydrogen-bond donors (Lipinski definition) is 2. The molecule has 1 aromatic heterocycles. The number of ether oxygens (including phenoxy) is 4. The first-order chi connectivity index (χ1) is 24.6. The molecule has 1 aliphatic heterocycles. The van der Waals surface area contributed by atoms with E-state index in [0.29, 0.717) is 28.2 Å². The van der Waals surface area contributed by atoms with Crippen LogP contribution in [0.25, 0.3) is 0 Å². The molecular weight excluding hydrogens is 675 g/mol. The number of nitrogens with zero attached hydrogens (tertiary/aromatic N) is 1. The average molecular weight is 711 g/mol. The SMILES string of the molecule is COc1ccc(C(OC(C(=O)c2ccccc2)[C@H]2O[C@@H](n3cc(C)c(=O)[nH]c3=O)C[C@]2(O)OP=O)(c2ccccc2)c2ccc(OC)cc2)cc1. The minimum absolute atomic E-state index is 0.198. The normalized spacial score (nSPS) is 19.5. The first kappa shape index (κ1) is 35.6. The number of aromatic amines is 1. The summed E-state index contributed by atoms with van der Waals surface area (Å²) in [5.41, 5.74) is -0.790. The monoisotopic (exact) mass is 710 g/mol. The van der Waals surface area contributed by atoms with E-state index in [1.807, 2.05) is 30.3 Å². The second kappa shape index (κ2) is 14.9. The van der Waals surface area contributed by atoms with Crippen molar-refractivity contribution < 1.29 is 37.9 Å². The van der Waals surface area contributed by atoms with E-state index in [0.717, 1.165) is 4.57 Å². The zero-order valence-corrected chi connectivity index (χ0v) is 28.8. The van der Waals surface area contributed by atoms with Crippen molar-refractivity contribution in [2.45, 2.75) is 43.2 Å². The highest BCUT2D eigenvalue weighted by molar-refractivity contribution is 7.17. The molecule has 0 aliphatic carbocycles. The number of hydrogen-bond acceptors (Lipinski definition) is 10. The molecule has 2 heterocycles. The smallest absolute Gasteiger partial charge is 0.330 e. The van der Waals surface area contributed by atoms with Gasteiger partial charge >= 0.3 is 14.4 Å². The molecule has 0 saturated carbocycles. The van der Waals surface area contributed by atoms with Crippen molar-refractivity contribution >= 4 is 14.5 Å². The molecule has 0 bridgehead atoms. The Hall–Kier alpha value is -5.23. The summed E-state index contributed by atoms with van der Waals surface area (Å²) in [6.07, 6.45) is -3.79. The summed E-state index contributed by atoms with van der Waals surface area (Å²) in [4.78, 5) is 42.2. The Kier molecular flexibility index (Phi) is 10.4. The number of aromatic nitrogens is 2. The van der Waals surface area contributed by atoms with Gasteiger partial charge in [-0.1, -0.05) is 84.9 Å². The van der Waals surface area contributed by atoms with Crippen molar-refractivity contribution in [1.82, 2.24) is 9.55 Å². The lowest BCUT2D eigenvalue weighted by Crippen LogP contribution is -2.53. The van der Waals surface area contributed by atoms with Crippen molar-refractivity contribution in [3.05, 3.63) is 164 Å². The average Bonchev–Trinajstić information content (AvgIpc) is 3.50. The van der Waals surface area contributed by atoms with Crippen LogP contribution in [-0.4, -0.2) is 52.7 Å². The van der Waals surface area contributed by atoms with Crippen molar-refractivity contribution in [2.24, 2.45) is 0 Å². The first-order valence-electron chi connectivity index (χ1n) is 16.0. The molecule has 1 saturated heterocycles. The molecule has 4 aromatic carbocycles. The Morgan fingerprint density at radius 3 is 1.94 bits per heavy atom. The molecule has 0 radical (unpaired) electrons. The lowest BCUT2D eigenvalue weighted by Gasteiger charge is -2.41. The molecule has 51 heavy (non-hydrogen) atoms. The highest BCUT2D eigenvalue weighted by Gasteiger charge is 2.58. The summed E-state index contributed by atoms with van der Waals surface area (Å²) >= 11 is 0. The maximum Gasteiger partial charge on any atom is 0.330 e. The maximum atomic E-state index is 14.8. The number of benzene rings is 4. The van der Waals surface area contributed by atoms with Crippen LogP contribution in [0.1, 0.15) is 45.3 Å². The van der Waals surface area contributed by atoms with Crippen molar-refractivity contribution in [2.75, 3.05) is 14.2 Å². The number of ketones is 1. The van der Waals surface area contributed by atoms with Gasteiger partial charge in [0, 0.05) is 17.3 Å².